The van der Waals surface area contributed by atoms with E-state index in [4.69, 9.17) is 10.00 Å². The van der Waals surface area contributed by atoms with Gasteiger partial charge in [-0.2, -0.15) is 5.26 Å². The third kappa shape index (κ3) is 5.20. The number of rotatable bonds is 8. The van der Waals surface area contributed by atoms with Crippen LogP contribution in [-0.4, -0.2) is 22.6 Å². The summed E-state index contributed by atoms with van der Waals surface area (Å²) in [6, 6.07) is 10.1. The molecule has 0 aliphatic heterocycles. The number of hydrogen-bond acceptors (Lipinski definition) is 7. The van der Waals surface area contributed by atoms with E-state index in [2.05, 4.69) is 28.5 Å². The van der Waals surface area contributed by atoms with Crippen molar-refractivity contribution in [1.29, 1.82) is 5.26 Å². The van der Waals surface area contributed by atoms with E-state index in [0.717, 1.165) is 27.2 Å². The highest BCUT2D eigenvalue weighted by molar-refractivity contribution is 8.01. The molecule has 1 aromatic carbocycles. The van der Waals surface area contributed by atoms with Crippen molar-refractivity contribution in [3.05, 3.63) is 29.8 Å². The molecule has 0 aliphatic rings. The van der Waals surface area contributed by atoms with Crippen molar-refractivity contribution in [3.8, 4) is 11.8 Å². The fourth-order valence-corrected chi connectivity index (χ4v) is 3.81. The molecule has 0 saturated heterocycles. The van der Waals surface area contributed by atoms with Crippen molar-refractivity contribution in [2.45, 2.75) is 35.9 Å². The van der Waals surface area contributed by atoms with Crippen LogP contribution in [0.4, 0.5) is 5.13 Å². The van der Waals surface area contributed by atoms with Crippen LogP contribution in [0.25, 0.3) is 0 Å². The predicted molar refractivity (Wildman–Crippen MR) is 90.4 cm³/mol. The van der Waals surface area contributed by atoms with Crippen LogP contribution in [0.5, 0.6) is 5.75 Å². The molecule has 0 saturated carbocycles. The molecule has 5 nitrogen and oxygen atoms in total. The maximum absolute atomic E-state index is 8.59. The van der Waals surface area contributed by atoms with Crippen LogP contribution in [0, 0.1) is 11.3 Å². The number of nitrogens with one attached hydrogen (secondary N) is 1. The lowest BCUT2D eigenvalue weighted by Crippen LogP contribution is -1.98. The van der Waals surface area contributed by atoms with Gasteiger partial charge in [-0.1, -0.05) is 42.2 Å². The van der Waals surface area contributed by atoms with E-state index < -0.39 is 0 Å². The zero-order valence-electron chi connectivity index (χ0n) is 12.6. The average molecular weight is 334 g/mol. The Morgan fingerprint density at radius 3 is 2.82 bits per heavy atom. The summed E-state index contributed by atoms with van der Waals surface area (Å²) < 4.78 is 6.07. The number of hydrogen-bond donors (Lipinski definition) is 1. The van der Waals surface area contributed by atoms with Gasteiger partial charge in [0.25, 0.3) is 0 Å². The van der Waals surface area contributed by atoms with E-state index in [9.17, 15) is 0 Å². The largest absolute Gasteiger partial charge is 0.497 e. The van der Waals surface area contributed by atoms with Crippen LogP contribution >= 0.6 is 23.1 Å². The van der Waals surface area contributed by atoms with Crippen LogP contribution < -0.4 is 10.1 Å². The molecule has 116 valence electrons. The monoisotopic (exact) mass is 334 g/mol. The van der Waals surface area contributed by atoms with Crippen molar-refractivity contribution >= 4 is 28.2 Å². The molecule has 1 N–H and O–H groups in total. The van der Waals surface area contributed by atoms with Crippen LogP contribution in [0.15, 0.2) is 28.6 Å². The van der Waals surface area contributed by atoms with Crippen LogP contribution in [-0.2, 0) is 6.54 Å². The van der Waals surface area contributed by atoms with Gasteiger partial charge in [0.15, 0.2) is 4.34 Å². The van der Waals surface area contributed by atoms with E-state index in [1.807, 2.05) is 24.3 Å². The second-order valence-corrected chi connectivity index (χ2v) is 7.36. The molecule has 1 aromatic heterocycles. The van der Waals surface area contributed by atoms with Gasteiger partial charge >= 0.3 is 0 Å². The summed E-state index contributed by atoms with van der Waals surface area (Å²) >= 11 is 3.21. The minimum atomic E-state index is 0.377. The van der Waals surface area contributed by atoms with Gasteiger partial charge in [0.05, 0.1) is 13.2 Å². The van der Waals surface area contributed by atoms with Gasteiger partial charge in [0.1, 0.15) is 5.75 Å². The average Bonchev–Trinajstić information content (AvgIpc) is 2.99. The minimum Gasteiger partial charge on any atom is -0.497 e. The van der Waals surface area contributed by atoms with Crippen molar-refractivity contribution in [2.75, 3.05) is 12.4 Å². The first-order valence-corrected chi connectivity index (χ1v) is 8.65. The zero-order chi connectivity index (χ0) is 15.8. The lowest BCUT2D eigenvalue weighted by Gasteiger charge is -2.05. The highest BCUT2D eigenvalue weighted by atomic mass is 32.2. The number of nitriles is 1. The maximum Gasteiger partial charge on any atom is 0.206 e. The van der Waals surface area contributed by atoms with Gasteiger partial charge in [-0.25, -0.2) is 0 Å². The first-order valence-electron chi connectivity index (χ1n) is 6.95. The SMILES string of the molecule is COc1ccc(CNc2nnc(S[C@@H](C)CCC#N)s2)cc1. The van der Waals surface area contributed by atoms with Gasteiger partial charge < -0.3 is 10.1 Å². The molecule has 0 radical (unpaired) electrons. The van der Waals surface area contributed by atoms with E-state index in [0.29, 0.717) is 18.2 Å². The Hall–Kier alpha value is -1.78. The lowest BCUT2D eigenvalue weighted by atomic mass is 10.2. The second-order valence-electron chi connectivity index (χ2n) is 4.70. The maximum atomic E-state index is 8.59. The van der Waals surface area contributed by atoms with Crippen molar-refractivity contribution in [1.82, 2.24) is 10.2 Å². The molecule has 0 bridgehead atoms. The van der Waals surface area contributed by atoms with E-state index in [1.165, 1.54) is 0 Å². The molecule has 0 amide bonds. The van der Waals surface area contributed by atoms with Crippen LogP contribution in [0.3, 0.4) is 0 Å². The summed E-state index contributed by atoms with van der Waals surface area (Å²) in [6.07, 6.45) is 1.45. The standard InChI is InChI=1S/C15H18N4OS2/c1-11(4-3-9-16)21-15-19-18-14(22-15)17-10-12-5-7-13(20-2)8-6-12/h5-8,11H,3-4,10H2,1-2H3,(H,17,18)/t11-/m0/s1. The Morgan fingerprint density at radius 1 is 1.36 bits per heavy atom. The Labute approximate surface area is 138 Å². The van der Waals surface area contributed by atoms with Crippen molar-refractivity contribution in [2.24, 2.45) is 0 Å². The first kappa shape index (κ1) is 16.6. The summed E-state index contributed by atoms with van der Waals surface area (Å²) in [5.41, 5.74) is 1.16. The molecule has 22 heavy (non-hydrogen) atoms. The molecule has 0 aliphatic carbocycles. The Morgan fingerprint density at radius 2 is 2.14 bits per heavy atom. The van der Waals surface area contributed by atoms with Crippen LogP contribution in [0.2, 0.25) is 0 Å². The minimum absolute atomic E-state index is 0.377. The molecule has 0 spiro atoms. The summed E-state index contributed by atoms with van der Waals surface area (Å²) in [6.45, 7) is 2.81. The van der Waals surface area contributed by atoms with Gasteiger partial charge in [-0.3, -0.25) is 0 Å². The summed E-state index contributed by atoms with van der Waals surface area (Å²) in [5.74, 6) is 0.852. The number of anilines is 1. The molecule has 0 unspecified atom stereocenters. The molecule has 0 fully saturated rings. The summed E-state index contributed by atoms with van der Waals surface area (Å²) in [5, 5.41) is 21.4. The fraction of sp³-hybridized carbons (Fsp3) is 0.400. The molecule has 2 aromatic rings. The molecular formula is C15H18N4OS2. The third-order valence-electron chi connectivity index (χ3n) is 2.97. The molecule has 2 rings (SSSR count). The van der Waals surface area contributed by atoms with Gasteiger partial charge in [-0.15, -0.1) is 10.2 Å². The third-order valence-corrected chi connectivity index (χ3v) is 5.11. The van der Waals surface area contributed by atoms with Gasteiger partial charge in [-0.05, 0) is 24.1 Å². The smallest absolute Gasteiger partial charge is 0.206 e. The lowest BCUT2D eigenvalue weighted by molar-refractivity contribution is 0.414. The first-order chi connectivity index (χ1) is 10.7. The van der Waals surface area contributed by atoms with Crippen molar-refractivity contribution in [3.63, 3.8) is 0 Å². The van der Waals surface area contributed by atoms with E-state index in [1.54, 1.807) is 30.2 Å². The topological polar surface area (TPSA) is 70.8 Å². The highest BCUT2D eigenvalue weighted by Gasteiger charge is 2.09. The predicted octanol–water partition coefficient (Wildman–Crippen LogP) is 3.94. The van der Waals surface area contributed by atoms with E-state index >= 15 is 0 Å². The van der Waals surface area contributed by atoms with Gasteiger partial charge in [0.2, 0.25) is 5.13 Å². The second kappa shape index (κ2) is 8.61. The summed E-state index contributed by atoms with van der Waals surface area (Å²) in [4.78, 5) is 0. The van der Waals surface area contributed by atoms with Crippen LogP contribution in [0.1, 0.15) is 25.3 Å². The number of aromatic nitrogens is 2. The molecular weight excluding hydrogens is 316 g/mol. The number of ether oxygens (including phenoxy) is 1. The van der Waals surface area contributed by atoms with Gasteiger partial charge in [0, 0.05) is 18.2 Å². The number of methoxy groups -OCH3 is 1. The number of nitrogens with zero attached hydrogens (tertiary/aromatic N) is 3. The molecule has 7 heteroatoms. The Balaban J connectivity index is 1.82. The van der Waals surface area contributed by atoms with E-state index in [-0.39, 0.29) is 0 Å². The summed E-state index contributed by atoms with van der Waals surface area (Å²) in [7, 11) is 1.66. The quantitative estimate of drug-likeness (QED) is 0.737. The Kier molecular flexibility index (Phi) is 6.49. The Bertz CT molecular complexity index is 621. The molecule has 1 atom stereocenters. The van der Waals surface area contributed by atoms with Crippen molar-refractivity contribution < 1.29 is 4.74 Å². The molecule has 1 heterocycles. The highest BCUT2D eigenvalue weighted by Crippen LogP contribution is 2.30. The number of benzene rings is 1. The number of thioether (sulfide) groups is 1. The normalized spacial score (nSPS) is 11.7. The fourth-order valence-electron chi connectivity index (χ4n) is 1.75. The zero-order valence-corrected chi connectivity index (χ0v) is 14.2.